The summed E-state index contributed by atoms with van der Waals surface area (Å²) in [6, 6.07) is 0. The third-order valence-corrected chi connectivity index (χ3v) is 1.52. The van der Waals surface area contributed by atoms with Gasteiger partial charge in [-0.1, -0.05) is 19.9 Å². The first-order chi connectivity index (χ1) is 7.81. The summed E-state index contributed by atoms with van der Waals surface area (Å²) < 4.78 is 4.73. The molecule has 0 amide bonds. The van der Waals surface area contributed by atoms with E-state index in [1.54, 1.807) is 0 Å². The van der Waals surface area contributed by atoms with E-state index in [2.05, 4.69) is 6.58 Å². The number of aliphatic carboxylic acids is 1. The van der Waals surface area contributed by atoms with Crippen LogP contribution >= 0.6 is 0 Å². The Morgan fingerprint density at radius 1 is 1.24 bits per heavy atom. The predicted octanol–water partition coefficient (Wildman–Crippen LogP) is 1.96. The lowest BCUT2D eigenvalue weighted by Gasteiger charge is -2.00. The molecule has 0 heterocycles. The number of carbonyl (C=O) groups is 3. The third-order valence-electron chi connectivity index (χ3n) is 1.52. The Morgan fingerprint density at radius 2 is 1.71 bits per heavy atom. The number of rotatable bonds is 6. The number of hydrogen-bond donors (Lipinski definition) is 1. The van der Waals surface area contributed by atoms with Crippen molar-refractivity contribution >= 4 is 17.7 Å². The van der Waals surface area contributed by atoms with E-state index in [1.807, 2.05) is 6.92 Å². The number of unbranched alkanes of at least 4 members (excludes halogenated alkanes) is 1. The molecule has 0 aromatic carbocycles. The zero-order valence-electron chi connectivity index (χ0n) is 10.6. The number of carboxylic acids is 1. The maximum atomic E-state index is 10.7. The summed E-state index contributed by atoms with van der Waals surface area (Å²) in [7, 11) is 0. The van der Waals surface area contributed by atoms with Gasteiger partial charge < -0.3 is 9.84 Å². The molecule has 5 heteroatoms. The first kappa shape index (κ1) is 17.7. The van der Waals surface area contributed by atoms with Crippen molar-refractivity contribution in [2.75, 3.05) is 6.61 Å². The van der Waals surface area contributed by atoms with Crippen LogP contribution in [0.4, 0.5) is 0 Å². The predicted molar refractivity (Wildman–Crippen MR) is 63.6 cm³/mol. The number of esters is 1. The van der Waals surface area contributed by atoms with Crippen LogP contribution in [-0.2, 0) is 19.1 Å². The SMILES string of the molecule is C=C(C)C(=O)O.CCCCOC(=O)CC(C)=O. The highest BCUT2D eigenvalue weighted by molar-refractivity contribution is 5.94. The number of carbonyl (C=O) groups excluding carboxylic acids is 2. The standard InChI is InChI=1S/C8H14O3.C4H6O2/c1-3-4-5-11-8(10)6-7(2)9;1-3(2)4(5)6/h3-6H2,1-2H3;1H2,2H3,(H,5,6). The van der Waals surface area contributed by atoms with Crippen LogP contribution in [0.25, 0.3) is 0 Å². The highest BCUT2D eigenvalue weighted by atomic mass is 16.5. The molecule has 0 spiro atoms. The van der Waals surface area contributed by atoms with Crippen molar-refractivity contribution in [1.82, 2.24) is 0 Å². The summed E-state index contributed by atoms with van der Waals surface area (Å²) in [5, 5.41) is 7.89. The molecule has 0 fully saturated rings. The number of Topliss-reactive ketones (excluding diaryl/α,β-unsaturated/α-hetero) is 1. The van der Waals surface area contributed by atoms with Crippen LogP contribution in [0.3, 0.4) is 0 Å². The molecule has 0 unspecified atom stereocenters. The summed E-state index contributed by atoms with van der Waals surface area (Å²) >= 11 is 0. The first-order valence-corrected chi connectivity index (χ1v) is 5.35. The minimum absolute atomic E-state index is 0.0935. The summed E-state index contributed by atoms with van der Waals surface area (Å²) in [4.78, 5) is 30.7. The van der Waals surface area contributed by atoms with Crippen molar-refractivity contribution in [2.24, 2.45) is 0 Å². The largest absolute Gasteiger partial charge is 0.478 e. The molecule has 0 radical (unpaired) electrons. The maximum Gasteiger partial charge on any atom is 0.330 e. The molecule has 0 aliphatic heterocycles. The Kier molecular flexibility index (Phi) is 11.3. The quantitative estimate of drug-likeness (QED) is 0.334. The van der Waals surface area contributed by atoms with Crippen molar-refractivity contribution in [3.05, 3.63) is 12.2 Å². The van der Waals surface area contributed by atoms with Crippen molar-refractivity contribution in [2.45, 2.75) is 40.0 Å². The minimum atomic E-state index is -0.935. The number of hydrogen-bond acceptors (Lipinski definition) is 4. The van der Waals surface area contributed by atoms with Gasteiger partial charge in [0.15, 0.2) is 0 Å². The van der Waals surface area contributed by atoms with Crippen LogP contribution in [-0.4, -0.2) is 29.4 Å². The number of ether oxygens (including phenoxy) is 1. The normalized spacial score (nSPS) is 8.65. The van der Waals surface area contributed by atoms with Gasteiger partial charge in [-0.05, 0) is 20.3 Å². The lowest BCUT2D eigenvalue weighted by atomic mass is 10.3. The Morgan fingerprint density at radius 3 is 2.00 bits per heavy atom. The lowest BCUT2D eigenvalue weighted by molar-refractivity contribution is -0.145. The van der Waals surface area contributed by atoms with Crippen LogP contribution in [0.5, 0.6) is 0 Å². The molecule has 17 heavy (non-hydrogen) atoms. The van der Waals surface area contributed by atoms with Gasteiger partial charge in [0.05, 0.1) is 6.61 Å². The highest BCUT2D eigenvalue weighted by Crippen LogP contribution is 1.92. The molecular weight excluding hydrogens is 224 g/mol. The Balaban J connectivity index is 0. The van der Waals surface area contributed by atoms with Gasteiger partial charge >= 0.3 is 11.9 Å². The molecule has 0 rings (SSSR count). The van der Waals surface area contributed by atoms with Gasteiger partial charge in [-0.15, -0.1) is 0 Å². The van der Waals surface area contributed by atoms with E-state index >= 15 is 0 Å². The molecule has 0 atom stereocenters. The monoisotopic (exact) mass is 244 g/mol. The van der Waals surface area contributed by atoms with Crippen LogP contribution in [0.1, 0.15) is 40.0 Å². The zero-order valence-corrected chi connectivity index (χ0v) is 10.6. The molecule has 0 aromatic heterocycles. The molecular formula is C12H20O5. The summed E-state index contributed by atoms with van der Waals surface area (Å²) in [6.45, 7) is 8.42. The molecule has 98 valence electrons. The Hall–Kier alpha value is -1.65. The van der Waals surface area contributed by atoms with Gasteiger partial charge in [-0.3, -0.25) is 9.59 Å². The highest BCUT2D eigenvalue weighted by Gasteiger charge is 2.04. The molecule has 0 aliphatic rings. The average molecular weight is 244 g/mol. The lowest BCUT2D eigenvalue weighted by Crippen LogP contribution is -2.09. The fourth-order valence-corrected chi connectivity index (χ4v) is 0.585. The molecule has 0 saturated heterocycles. The smallest absolute Gasteiger partial charge is 0.330 e. The van der Waals surface area contributed by atoms with Gasteiger partial charge in [-0.25, -0.2) is 4.79 Å². The molecule has 0 aromatic rings. The van der Waals surface area contributed by atoms with Crippen LogP contribution in [0.15, 0.2) is 12.2 Å². The van der Waals surface area contributed by atoms with Gasteiger partial charge in [0.2, 0.25) is 0 Å². The second kappa shape index (κ2) is 10.9. The van der Waals surface area contributed by atoms with E-state index in [-0.39, 0.29) is 17.8 Å². The average Bonchev–Trinajstić information content (AvgIpc) is 2.17. The zero-order chi connectivity index (χ0) is 13.8. The number of ketones is 1. The van der Waals surface area contributed by atoms with Gasteiger partial charge in [-0.2, -0.15) is 0 Å². The third kappa shape index (κ3) is 17.0. The second-order valence-electron chi connectivity index (χ2n) is 3.54. The Labute approximate surface area is 101 Å². The van der Waals surface area contributed by atoms with E-state index in [1.165, 1.54) is 13.8 Å². The topological polar surface area (TPSA) is 80.7 Å². The van der Waals surface area contributed by atoms with Crippen molar-refractivity contribution in [3.63, 3.8) is 0 Å². The molecule has 1 N–H and O–H groups in total. The summed E-state index contributed by atoms with van der Waals surface area (Å²) in [5.41, 5.74) is 0.176. The molecule has 0 bridgehead atoms. The van der Waals surface area contributed by atoms with Crippen LogP contribution < -0.4 is 0 Å². The van der Waals surface area contributed by atoms with Crippen LogP contribution in [0.2, 0.25) is 0 Å². The Bertz CT molecular complexity index is 269. The molecule has 0 saturated carbocycles. The van der Waals surface area contributed by atoms with Crippen molar-refractivity contribution in [3.8, 4) is 0 Å². The maximum absolute atomic E-state index is 10.7. The second-order valence-corrected chi connectivity index (χ2v) is 3.54. The first-order valence-electron chi connectivity index (χ1n) is 5.35. The van der Waals surface area contributed by atoms with Gasteiger partial charge in [0, 0.05) is 5.57 Å². The summed E-state index contributed by atoms with van der Waals surface area (Å²) in [6.07, 6.45) is 1.76. The minimum Gasteiger partial charge on any atom is -0.478 e. The van der Waals surface area contributed by atoms with E-state index < -0.39 is 11.9 Å². The van der Waals surface area contributed by atoms with Gasteiger partial charge in [0.1, 0.15) is 12.2 Å². The fourth-order valence-electron chi connectivity index (χ4n) is 0.585. The van der Waals surface area contributed by atoms with Gasteiger partial charge in [0.25, 0.3) is 0 Å². The van der Waals surface area contributed by atoms with E-state index in [0.29, 0.717) is 6.61 Å². The fraction of sp³-hybridized carbons (Fsp3) is 0.583. The van der Waals surface area contributed by atoms with E-state index in [4.69, 9.17) is 9.84 Å². The van der Waals surface area contributed by atoms with Crippen LogP contribution in [0, 0.1) is 0 Å². The van der Waals surface area contributed by atoms with E-state index in [9.17, 15) is 14.4 Å². The van der Waals surface area contributed by atoms with E-state index in [0.717, 1.165) is 12.8 Å². The molecule has 0 aliphatic carbocycles. The van der Waals surface area contributed by atoms with Crippen molar-refractivity contribution < 1.29 is 24.2 Å². The summed E-state index contributed by atoms with van der Waals surface area (Å²) in [5.74, 6) is -1.49. The molecule has 5 nitrogen and oxygen atoms in total. The van der Waals surface area contributed by atoms with Crippen molar-refractivity contribution in [1.29, 1.82) is 0 Å². The number of carboxylic acid groups (broad SMARTS) is 1.